The van der Waals surface area contributed by atoms with Crippen LogP contribution in [0.1, 0.15) is 39.0 Å². The average molecular weight is 425 g/mol. The molecule has 1 N–H and O–H groups in total. The summed E-state index contributed by atoms with van der Waals surface area (Å²) >= 11 is 0. The molecule has 0 atom stereocenters. The Kier molecular flexibility index (Phi) is 9.66. The molecule has 5 nitrogen and oxygen atoms in total. The fourth-order valence-electron chi connectivity index (χ4n) is 3.22. The maximum absolute atomic E-state index is 5.47. The van der Waals surface area contributed by atoms with E-state index in [0.29, 0.717) is 18.6 Å². The van der Waals surface area contributed by atoms with Crippen LogP contribution in [-0.2, 0) is 9.47 Å². The first-order chi connectivity index (χ1) is 10.3. The highest BCUT2D eigenvalue weighted by atomic mass is 127. The van der Waals surface area contributed by atoms with Crippen molar-refractivity contribution in [3.63, 3.8) is 0 Å². The molecule has 0 aromatic heterocycles. The lowest BCUT2D eigenvalue weighted by Crippen LogP contribution is -2.42. The van der Waals surface area contributed by atoms with Gasteiger partial charge in [-0.15, -0.1) is 24.0 Å². The number of likely N-dealkylation sites (tertiary alicyclic amines) is 1. The van der Waals surface area contributed by atoms with E-state index in [-0.39, 0.29) is 24.0 Å². The summed E-state index contributed by atoms with van der Waals surface area (Å²) in [5.74, 6) is 1.10. The molecule has 2 rings (SSSR count). The van der Waals surface area contributed by atoms with E-state index in [4.69, 9.17) is 14.5 Å². The van der Waals surface area contributed by atoms with E-state index in [0.717, 1.165) is 38.6 Å². The van der Waals surface area contributed by atoms with Crippen LogP contribution in [0.5, 0.6) is 0 Å². The lowest BCUT2D eigenvalue weighted by atomic mass is 9.68. The fourth-order valence-corrected chi connectivity index (χ4v) is 3.22. The van der Waals surface area contributed by atoms with Crippen molar-refractivity contribution < 1.29 is 9.47 Å². The van der Waals surface area contributed by atoms with Crippen molar-refractivity contribution in [1.29, 1.82) is 0 Å². The maximum atomic E-state index is 5.47. The second kappa shape index (κ2) is 10.6. The Labute approximate surface area is 152 Å². The Morgan fingerprint density at radius 3 is 2.64 bits per heavy atom. The predicted octanol–water partition coefficient (Wildman–Crippen LogP) is 2.50. The zero-order valence-corrected chi connectivity index (χ0v) is 16.4. The Morgan fingerprint density at radius 1 is 1.23 bits per heavy atom. The van der Waals surface area contributed by atoms with E-state index in [2.05, 4.69) is 17.1 Å². The molecule has 1 aliphatic carbocycles. The van der Waals surface area contributed by atoms with Crippen molar-refractivity contribution in [3.8, 4) is 0 Å². The van der Waals surface area contributed by atoms with E-state index in [1.807, 2.05) is 0 Å². The van der Waals surface area contributed by atoms with E-state index in [1.165, 1.54) is 32.2 Å². The van der Waals surface area contributed by atoms with Gasteiger partial charge in [0.1, 0.15) is 0 Å². The summed E-state index contributed by atoms with van der Waals surface area (Å²) < 4.78 is 10.4. The van der Waals surface area contributed by atoms with Crippen LogP contribution in [0, 0.1) is 5.41 Å². The van der Waals surface area contributed by atoms with Gasteiger partial charge in [0.2, 0.25) is 0 Å². The van der Waals surface area contributed by atoms with E-state index in [9.17, 15) is 0 Å². The number of rotatable bonds is 8. The third-order valence-corrected chi connectivity index (χ3v) is 4.63. The molecule has 0 radical (unpaired) electrons. The molecular formula is C16H32IN3O2. The third kappa shape index (κ3) is 5.85. The van der Waals surface area contributed by atoms with Crippen molar-refractivity contribution in [3.05, 3.63) is 0 Å². The number of hydrogen-bond donors (Lipinski definition) is 1. The zero-order chi connectivity index (χ0) is 15.0. The lowest BCUT2D eigenvalue weighted by Gasteiger charge is -2.38. The molecule has 0 aromatic rings. The number of nitrogens with one attached hydrogen (secondary N) is 1. The van der Waals surface area contributed by atoms with Crippen molar-refractivity contribution in [2.75, 3.05) is 53.1 Å². The zero-order valence-electron chi connectivity index (χ0n) is 14.1. The molecule has 1 aliphatic heterocycles. The molecule has 0 bridgehead atoms. The normalized spacial score (nSPS) is 19.9. The van der Waals surface area contributed by atoms with E-state index in [1.54, 1.807) is 7.11 Å². The largest absolute Gasteiger partial charge is 0.382 e. The number of aliphatic imine (C=N–C) groups is 1. The molecule has 1 spiro atoms. The van der Waals surface area contributed by atoms with Crippen LogP contribution in [-0.4, -0.2) is 64.0 Å². The van der Waals surface area contributed by atoms with E-state index >= 15 is 0 Å². The van der Waals surface area contributed by atoms with Crippen LogP contribution in [0.3, 0.4) is 0 Å². The number of methoxy groups -OCH3 is 1. The summed E-state index contributed by atoms with van der Waals surface area (Å²) in [5.41, 5.74) is 0.624. The van der Waals surface area contributed by atoms with Crippen molar-refractivity contribution in [2.24, 2.45) is 10.4 Å². The summed E-state index contributed by atoms with van der Waals surface area (Å²) in [6, 6.07) is 0. The molecule has 2 fully saturated rings. The van der Waals surface area contributed by atoms with Crippen LogP contribution < -0.4 is 5.32 Å². The number of ether oxygens (including phenoxy) is 2. The molecule has 6 heteroatoms. The lowest BCUT2D eigenvalue weighted by molar-refractivity contribution is 0.0702. The van der Waals surface area contributed by atoms with Crippen LogP contribution >= 0.6 is 24.0 Å². The maximum Gasteiger partial charge on any atom is 0.193 e. The summed E-state index contributed by atoms with van der Waals surface area (Å²) in [7, 11) is 1.70. The molecule has 0 unspecified atom stereocenters. The summed E-state index contributed by atoms with van der Waals surface area (Å²) in [5, 5.41) is 3.44. The van der Waals surface area contributed by atoms with Crippen LogP contribution in [0.25, 0.3) is 0 Å². The minimum absolute atomic E-state index is 0. The van der Waals surface area contributed by atoms with Gasteiger partial charge in [-0.05, 0) is 38.0 Å². The predicted molar refractivity (Wildman–Crippen MR) is 101 cm³/mol. The van der Waals surface area contributed by atoms with Gasteiger partial charge in [-0.3, -0.25) is 4.99 Å². The van der Waals surface area contributed by atoms with Crippen LogP contribution in [0.2, 0.25) is 0 Å². The number of hydrogen-bond acceptors (Lipinski definition) is 3. The van der Waals surface area contributed by atoms with Crippen molar-refractivity contribution in [1.82, 2.24) is 10.2 Å². The minimum Gasteiger partial charge on any atom is -0.382 e. The second-order valence-electron chi connectivity index (χ2n) is 6.22. The van der Waals surface area contributed by atoms with Gasteiger partial charge >= 0.3 is 0 Å². The van der Waals surface area contributed by atoms with Crippen LogP contribution in [0.4, 0.5) is 0 Å². The SMILES string of the molecule is CCNC(=NCCCOCCOC)N1CCC2(CCC2)C1.I. The second-order valence-corrected chi connectivity index (χ2v) is 6.22. The molecule has 0 aromatic carbocycles. The highest BCUT2D eigenvalue weighted by Crippen LogP contribution is 2.47. The molecule has 1 saturated heterocycles. The molecule has 130 valence electrons. The Morgan fingerprint density at radius 2 is 2.05 bits per heavy atom. The summed E-state index contributed by atoms with van der Waals surface area (Å²) in [6.07, 6.45) is 6.56. The standard InChI is InChI=1S/C16H31N3O2.HI/c1-3-17-15(18-9-5-11-21-13-12-20-2)19-10-8-16(14-19)6-4-7-16;/h3-14H2,1-2H3,(H,17,18);1H. The van der Waals surface area contributed by atoms with Gasteiger partial charge in [0.25, 0.3) is 0 Å². The third-order valence-electron chi connectivity index (χ3n) is 4.63. The molecule has 1 saturated carbocycles. The molecule has 22 heavy (non-hydrogen) atoms. The Hall–Kier alpha value is -0.0800. The average Bonchev–Trinajstić information content (AvgIpc) is 2.91. The van der Waals surface area contributed by atoms with Crippen LogP contribution in [0.15, 0.2) is 4.99 Å². The summed E-state index contributed by atoms with van der Waals surface area (Å²) in [6.45, 7) is 8.37. The highest BCUT2D eigenvalue weighted by molar-refractivity contribution is 14.0. The highest BCUT2D eigenvalue weighted by Gasteiger charge is 2.43. The van der Waals surface area contributed by atoms with Gasteiger partial charge in [-0.2, -0.15) is 0 Å². The molecule has 2 aliphatic rings. The van der Waals surface area contributed by atoms with Crippen molar-refractivity contribution in [2.45, 2.75) is 39.0 Å². The quantitative estimate of drug-likeness (QED) is 0.281. The monoisotopic (exact) mass is 425 g/mol. The smallest absolute Gasteiger partial charge is 0.193 e. The van der Waals surface area contributed by atoms with Gasteiger partial charge in [0, 0.05) is 39.9 Å². The summed E-state index contributed by atoms with van der Waals surface area (Å²) in [4.78, 5) is 7.21. The minimum atomic E-state index is 0. The topological polar surface area (TPSA) is 46.1 Å². The van der Waals surface area contributed by atoms with Gasteiger partial charge in [-0.25, -0.2) is 0 Å². The van der Waals surface area contributed by atoms with Crippen molar-refractivity contribution >= 4 is 29.9 Å². The fraction of sp³-hybridized carbons (Fsp3) is 0.938. The molecule has 1 heterocycles. The molecule has 0 amide bonds. The Bertz CT molecular complexity index is 335. The van der Waals surface area contributed by atoms with Gasteiger partial charge in [0.05, 0.1) is 13.2 Å². The first-order valence-electron chi connectivity index (χ1n) is 8.40. The first-order valence-corrected chi connectivity index (χ1v) is 8.40. The van der Waals surface area contributed by atoms with E-state index < -0.39 is 0 Å². The number of guanidine groups is 1. The van der Waals surface area contributed by atoms with Gasteiger partial charge in [-0.1, -0.05) is 6.42 Å². The Balaban J connectivity index is 0.00000242. The first kappa shape index (κ1) is 20.0. The molecular weight excluding hydrogens is 393 g/mol. The van der Waals surface area contributed by atoms with Gasteiger partial charge < -0.3 is 19.7 Å². The number of halogens is 1. The number of nitrogens with zero attached hydrogens (tertiary/aromatic N) is 2. The van der Waals surface area contributed by atoms with Gasteiger partial charge in [0.15, 0.2) is 5.96 Å².